The summed E-state index contributed by atoms with van der Waals surface area (Å²) in [6, 6.07) is 8.60. The zero-order chi connectivity index (χ0) is 23.3. The van der Waals surface area contributed by atoms with Gasteiger partial charge in [0.1, 0.15) is 17.4 Å². The molecular formula is C23H24F4N2O3. The number of likely N-dealkylation sites (tertiary alicyclic amines) is 1. The smallest absolute Gasteiger partial charge is 0.387 e. The van der Waals surface area contributed by atoms with E-state index >= 15 is 0 Å². The number of rotatable bonds is 7. The summed E-state index contributed by atoms with van der Waals surface area (Å²) in [5, 5.41) is 2.89. The normalized spacial score (nSPS) is 15.5. The van der Waals surface area contributed by atoms with Crippen molar-refractivity contribution in [3.05, 3.63) is 65.2 Å². The van der Waals surface area contributed by atoms with E-state index in [0.29, 0.717) is 30.9 Å². The second-order valence-electron chi connectivity index (χ2n) is 7.58. The molecule has 1 unspecified atom stereocenters. The van der Waals surface area contributed by atoms with E-state index in [1.54, 1.807) is 18.2 Å². The highest BCUT2D eigenvalue weighted by molar-refractivity contribution is 5.94. The Hall–Kier alpha value is -3.10. The topological polar surface area (TPSA) is 58.6 Å². The fourth-order valence-corrected chi connectivity index (χ4v) is 3.84. The van der Waals surface area contributed by atoms with Crippen molar-refractivity contribution in [3.8, 4) is 5.75 Å². The molecule has 0 saturated carbocycles. The van der Waals surface area contributed by atoms with Gasteiger partial charge in [0.25, 0.3) is 5.91 Å². The molecule has 2 aromatic carbocycles. The Morgan fingerprint density at radius 2 is 1.81 bits per heavy atom. The van der Waals surface area contributed by atoms with Crippen molar-refractivity contribution in [3.63, 3.8) is 0 Å². The molecule has 0 aromatic heterocycles. The van der Waals surface area contributed by atoms with Gasteiger partial charge in [-0.05, 0) is 37.5 Å². The highest BCUT2D eigenvalue weighted by Crippen LogP contribution is 2.29. The second-order valence-corrected chi connectivity index (χ2v) is 7.58. The maximum atomic E-state index is 13.9. The van der Waals surface area contributed by atoms with Crippen LogP contribution in [-0.4, -0.2) is 36.4 Å². The van der Waals surface area contributed by atoms with E-state index in [2.05, 4.69) is 10.1 Å². The summed E-state index contributed by atoms with van der Waals surface area (Å²) in [5.74, 6) is -2.86. The molecule has 0 bridgehead atoms. The number of piperidine rings is 1. The monoisotopic (exact) mass is 452 g/mol. The number of para-hydroxylation sites is 1. The van der Waals surface area contributed by atoms with E-state index in [9.17, 15) is 27.2 Å². The third-order valence-corrected chi connectivity index (χ3v) is 5.55. The maximum Gasteiger partial charge on any atom is 0.387 e. The van der Waals surface area contributed by atoms with Crippen molar-refractivity contribution in [1.82, 2.24) is 10.2 Å². The molecule has 0 radical (unpaired) electrons. The van der Waals surface area contributed by atoms with Crippen molar-refractivity contribution in [1.29, 1.82) is 0 Å². The first kappa shape index (κ1) is 23.6. The molecule has 1 fully saturated rings. The van der Waals surface area contributed by atoms with E-state index in [0.717, 1.165) is 12.1 Å². The SMILES string of the molecule is CCC(NC(=O)C1CCN(C(=O)c2ccc(F)cc2F)CC1)c1ccccc1OC(F)F. The molecule has 172 valence electrons. The summed E-state index contributed by atoms with van der Waals surface area (Å²) in [6.45, 7) is -0.662. The van der Waals surface area contributed by atoms with E-state index in [4.69, 9.17) is 0 Å². The van der Waals surface area contributed by atoms with Crippen LogP contribution in [0.15, 0.2) is 42.5 Å². The van der Waals surface area contributed by atoms with E-state index in [-0.39, 0.29) is 36.2 Å². The molecule has 2 aromatic rings. The Labute approximate surface area is 183 Å². The molecule has 0 spiro atoms. The molecule has 1 atom stereocenters. The van der Waals surface area contributed by atoms with Crippen LogP contribution in [0, 0.1) is 17.6 Å². The van der Waals surface area contributed by atoms with Crippen LogP contribution in [0.5, 0.6) is 5.75 Å². The van der Waals surface area contributed by atoms with Crippen LogP contribution in [0.25, 0.3) is 0 Å². The lowest BCUT2D eigenvalue weighted by atomic mass is 9.94. The van der Waals surface area contributed by atoms with Gasteiger partial charge in [0.05, 0.1) is 11.6 Å². The first-order valence-electron chi connectivity index (χ1n) is 10.4. The van der Waals surface area contributed by atoms with Crippen LogP contribution in [0.2, 0.25) is 0 Å². The zero-order valence-corrected chi connectivity index (χ0v) is 17.5. The van der Waals surface area contributed by atoms with Crippen molar-refractivity contribution in [2.24, 2.45) is 5.92 Å². The molecule has 3 rings (SSSR count). The number of carbonyl (C=O) groups excluding carboxylic acids is 2. The Morgan fingerprint density at radius 1 is 1.12 bits per heavy atom. The molecule has 1 aliphatic rings. The number of ether oxygens (including phenoxy) is 1. The average Bonchev–Trinajstić information content (AvgIpc) is 2.77. The largest absolute Gasteiger partial charge is 0.434 e. The van der Waals surface area contributed by atoms with Crippen molar-refractivity contribution >= 4 is 11.8 Å². The maximum absolute atomic E-state index is 13.9. The Bertz CT molecular complexity index is 962. The van der Waals surface area contributed by atoms with Gasteiger partial charge in [0.2, 0.25) is 5.91 Å². The number of alkyl halides is 2. The predicted octanol–water partition coefficient (Wildman–Crippen LogP) is 4.69. The molecule has 2 amide bonds. The number of hydrogen-bond donors (Lipinski definition) is 1. The first-order chi connectivity index (χ1) is 15.3. The van der Waals surface area contributed by atoms with Crippen LogP contribution in [0.4, 0.5) is 17.6 Å². The summed E-state index contributed by atoms with van der Waals surface area (Å²) >= 11 is 0. The lowest BCUT2D eigenvalue weighted by Crippen LogP contribution is -2.44. The lowest BCUT2D eigenvalue weighted by molar-refractivity contribution is -0.127. The van der Waals surface area contributed by atoms with Crippen LogP contribution >= 0.6 is 0 Å². The predicted molar refractivity (Wildman–Crippen MR) is 109 cm³/mol. The van der Waals surface area contributed by atoms with Gasteiger partial charge < -0.3 is 15.0 Å². The summed E-state index contributed by atoms with van der Waals surface area (Å²) < 4.78 is 57.0. The molecular weight excluding hydrogens is 428 g/mol. The van der Waals surface area contributed by atoms with Gasteiger partial charge in [-0.25, -0.2) is 8.78 Å². The fourth-order valence-electron chi connectivity index (χ4n) is 3.84. The van der Waals surface area contributed by atoms with Gasteiger partial charge in [0.15, 0.2) is 0 Å². The van der Waals surface area contributed by atoms with Crippen LogP contribution in [-0.2, 0) is 4.79 Å². The van der Waals surface area contributed by atoms with E-state index in [1.807, 2.05) is 6.92 Å². The minimum absolute atomic E-state index is 0.0105. The van der Waals surface area contributed by atoms with Gasteiger partial charge in [-0.2, -0.15) is 8.78 Å². The highest BCUT2D eigenvalue weighted by Gasteiger charge is 2.30. The van der Waals surface area contributed by atoms with Crippen molar-refractivity contribution in [2.75, 3.05) is 13.1 Å². The van der Waals surface area contributed by atoms with Crippen LogP contribution in [0.3, 0.4) is 0 Å². The molecule has 0 aliphatic carbocycles. The summed E-state index contributed by atoms with van der Waals surface area (Å²) in [7, 11) is 0. The molecule has 1 heterocycles. The lowest BCUT2D eigenvalue weighted by Gasteiger charge is -2.32. The molecule has 1 aliphatic heterocycles. The van der Waals surface area contributed by atoms with Crippen LogP contribution in [0.1, 0.15) is 48.1 Å². The molecule has 5 nitrogen and oxygen atoms in total. The number of nitrogens with one attached hydrogen (secondary N) is 1. The third kappa shape index (κ3) is 5.57. The minimum Gasteiger partial charge on any atom is -0.434 e. The summed E-state index contributed by atoms with van der Waals surface area (Å²) in [5.41, 5.74) is 0.249. The zero-order valence-electron chi connectivity index (χ0n) is 17.5. The fraction of sp³-hybridized carbons (Fsp3) is 0.391. The first-order valence-corrected chi connectivity index (χ1v) is 10.4. The van der Waals surface area contributed by atoms with Crippen LogP contribution < -0.4 is 10.1 Å². The number of carbonyl (C=O) groups is 2. The third-order valence-electron chi connectivity index (χ3n) is 5.55. The minimum atomic E-state index is -2.97. The molecule has 32 heavy (non-hydrogen) atoms. The summed E-state index contributed by atoms with van der Waals surface area (Å²) in [6.07, 6.45) is 1.20. The van der Waals surface area contributed by atoms with E-state index in [1.165, 1.54) is 11.0 Å². The Balaban J connectivity index is 1.61. The number of hydrogen-bond acceptors (Lipinski definition) is 3. The average molecular weight is 452 g/mol. The quantitative estimate of drug-likeness (QED) is 0.621. The van der Waals surface area contributed by atoms with Gasteiger partial charge in [-0.3, -0.25) is 9.59 Å². The number of benzene rings is 2. The number of halogens is 4. The highest BCUT2D eigenvalue weighted by atomic mass is 19.3. The van der Waals surface area contributed by atoms with E-state index < -0.39 is 30.2 Å². The molecule has 1 N–H and O–H groups in total. The van der Waals surface area contributed by atoms with Crippen molar-refractivity contribution < 1.29 is 31.9 Å². The van der Waals surface area contributed by atoms with Gasteiger partial charge in [-0.15, -0.1) is 0 Å². The Morgan fingerprint density at radius 3 is 2.44 bits per heavy atom. The summed E-state index contributed by atoms with van der Waals surface area (Å²) in [4.78, 5) is 26.8. The van der Waals surface area contributed by atoms with Crippen molar-refractivity contribution in [2.45, 2.75) is 38.8 Å². The molecule has 1 saturated heterocycles. The van der Waals surface area contributed by atoms with Gasteiger partial charge >= 0.3 is 6.61 Å². The number of nitrogens with zero attached hydrogens (tertiary/aromatic N) is 1. The Kier molecular flexibility index (Phi) is 7.71. The standard InChI is InChI=1S/C23H24F4N2O3/c1-2-19(17-5-3-4-6-20(17)32-23(26)27)28-21(30)14-9-11-29(12-10-14)22(31)16-8-7-15(24)13-18(16)25/h3-8,13-14,19,23H,2,9-12H2,1H3,(H,28,30). The molecule has 9 heteroatoms. The van der Waals surface area contributed by atoms with Gasteiger partial charge in [-0.1, -0.05) is 25.1 Å². The second kappa shape index (κ2) is 10.5. The number of amides is 2. The van der Waals surface area contributed by atoms with Gasteiger partial charge in [0, 0.05) is 30.6 Å².